The minimum absolute atomic E-state index is 0.775. The lowest BCUT2D eigenvalue weighted by Gasteiger charge is -2.37. The lowest BCUT2D eigenvalue weighted by Crippen LogP contribution is -2.52. The van der Waals surface area contributed by atoms with Crippen LogP contribution in [0.5, 0.6) is 0 Å². The van der Waals surface area contributed by atoms with Crippen molar-refractivity contribution in [1.29, 1.82) is 0 Å². The molecule has 0 amide bonds. The Morgan fingerprint density at radius 3 is 2.76 bits per heavy atom. The normalized spacial score (nSPS) is 16.2. The molecule has 1 N–H and O–H groups in total. The number of aromatic nitrogens is 1. The molecule has 2 heterocycles. The van der Waals surface area contributed by atoms with E-state index in [0.29, 0.717) is 0 Å². The van der Waals surface area contributed by atoms with Gasteiger partial charge in [0.2, 0.25) is 0 Å². The van der Waals surface area contributed by atoms with E-state index in [1.54, 1.807) is 7.11 Å². The summed E-state index contributed by atoms with van der Waals surface area (Å²) in [6, 6.07) is 6.05. The Kier molecular flexibility index (Phi) is 6.27. The highest BCUT2D eigenvalue weighted by molar-refractivity contribution is 5.80. The van der Waals surface area contributed by atoms with Crippen molar-refractivity contribution in [2.45, 2.75) is 6.42 Å². The summed E-state index contributed by atoms with van der Waals surface area (Å²) in [5, 5.41) is 3.39. The van der Waals surface area contributed by atoms with Crippen LogP contribution in [0, 0.1) is 0 Å². The first-order valence-electron chi connectivity index (χ1n) is 7.45. The summed E-state index contributed by atoms with van der Waals surface area (Å²) in [5.41, 5.74) is 0. The SMILES string of the molecule is CN=C(NCCCOC)N1CCN(c2ccccn2)CC1. The molecule has 1 aliphatic rings. The molecule has 1 fully saturated rings. The number of pyridine rings is 1. The fourth-order valence-electron chi connectivity index (χ4n) is 2.44. The van der Waals surface area contributed by atoms with E-state index >= 15 is 0 Å². The minimum atomic E-state index is 0.775. The van der Waals surface area contributed by atoms with Gasteiger partial charge in [0, 0.05) is 59.7 Å². The van der Waals surface area contributed by atoms with Gasteiger partial charge in [-0.1, -0.05) is 6.07 Å². The van der Waals surface area contributed by atoms with Crippen molar-refractivity contribution < 1.29 is 4.74 Å². The molecule has 0 bridgehead atoms. The molecular formula is C15H25N5O. The standard InChI is InChI=1S/C15H25N5O/c1-16-15(18-8-5-13-21-2)20-11-9-19(10-12-20)14-6-3-4-7-17-14/h3-4,6-7H,5,8-13H2,1-2H3,(H,16,18). The van der Waals surface area contributed by atoms with Crippen LogP contribution in [0.25, 0.3) is 0 Å². The van der Waals surface area contributed by atoms with Gasteiger partial charge in [-0.2, -0.15) is 0 Å². The van der Waals surface area contributed by atoms with E-state index in [2.05, 4.69) is 31.2 Å². The summed E-state index contributed by atoms with van der Waals surface area (Å²) in [7, 11) is 3.56. The second kappa shape index (κ2) is 8.46. The van der Waals surface area contributed by atoms with Crippen LogP contribution >= 0.6 is 0 Å². The van der Waals surface area contributed by atoms with Crippen LogP contribution in [-0.4, -0.2) is 69.3 Å². The summed E-state index contributed by atoms with van der Waals surface area (Å²) < 4.78 is 5.06. The van der Waals surface area contributed by atoms with E-state index in [1.807, 2.05) is 25.4 Å². The number of hydrogen-bond donors (Lipinski definition) is 1. The van der Waals surface area contributed by atoms with Gasteiger partial charge >= 0.3 is 0 Å². The van der Waals surface area contributed by atoms with E-state index < -0.39 is 0 Å². The second-order valence-electron chi connectivity index (χ2n) is 4.98. The van der Waals surface area contributed by atoms with Gasteiger partial charge in [0.1, 0.15) is 5.82 Å². The average molecular weight is 291 g/mol. The van der Waals surface area contributed by atoms with Gasteiger partial charge in [0.25, 0.3) is 0 Å². The quantitative estimate of drug-likeness (QED) is 0.494. The topological polar surface area (TPSA) is 53.0 Å². The average Bonchev–Trinajstić information content (AvgIpc) is 2.56. The molecule has 1 aromatic rings. The van der Waals surface area contributed by atoms with Crippen LogP contribution < -0.4 is 10.2 Å². The van der Waals surface area contributed by atoms with Crippen molar-refractivity contribution in [3.8, 4) is 0 Å². The number of piperazine rings is 1. The number of hydrogen-bond acceptors (Lipinski definition) is 4. The molecule has 0 radical (unpaired) electrons. The first-order valence-corrected chi connectivity index (χ1v) is 7.45. The summed E-state index contributed by atoms with van der Waals surface area (Å²) in [6.07, 6.45) is 2.83. The van der Waals surface area contributed by atoms with Crippen molar-refractivity contribution >= 4 is 11.8 Å². The number of aliphatic imine (C=N–C) groups is 1. The van der Waals surface area contributed by atoms with Crippen LogP contribution in [0.4, 0.5) is 5.82 Å². The van der Waals surface area contributed by atoms with Crippen LogP contribution in [0.15, 0.2) is 29.4 Å². The van der Waals surface area contributed by atoms with Crippen molar-refractivity contribution in [3.05, 3.63) is 24.4 Å². The van der Waals surface area contributed by atoms with E-state index in [4.69, 9.17) is 4.74 Å². The number of nitrogens with zero attached hydrogens (tertiary/aromatic N) is 4. The zero-order valence-corrected chi connectivity index (χ0v) is 13.0. The van der Waals surface area contributed by atoms with Gasteiger partial charge in [0.05, 0.1) is 0 Å². The van der Waals surface area contributed by atoms with E-state index in [0.717, 1.165) is 57.5 Å². The Labute approximate surface area is 126 Å². The maximum atomic E-state index is 5.06. The van der Waals surface area contributed by atoms with Gasteiger partial charge in [-0.3, -0.25) is 4.99 Å². The summed E-state index contributed by atoms with van der Waals surface area (Å²) >= 11 is 0. The molecule has 0 saturated carbocycles. The highest BCUT2D eigenvalue weighted by atomic mass is 16.5. The van der Waals surface area contributed by atoms with Crippen molar-refractivity contribution in [2.75, 3.05) is 58.4 Å². The van der Waals surface area contributed by atoms with Crippen LogP contribution in [0.1, 0.15) is 6.42 Å². The van der Waals surface area contributed by atoms with Gasteiger partial charge < -0.3 is 19.9 Å². The number of ether oxygens (including phenoxy) is 1. The van der Waals surface area contributed by atoms with Gasteiger partial charge in [-0.15, -0.1) is 0 Å². The molecule has 116 valence electrons. The highest BCUT2D eigenvalue weighted by Gasteiger charge is 2.19. The maximum absolute atomic E-state index is 5.06. The zero-order valence-electron chi connectivity index (χ0n) is 13.0. The Bertz CT molecular complexity index is 429. The number of methoxy groups -OCH3 is 1. The monoisotopic (exact) mass is 291 g/mol. The molecule has 6 heteroatoms. The molecule has 0 spiro atoms. The molecule has 21 heavy (non-hydrogen) atoms. The molecule has 1 aliphatic heterocycles. The Balaban J connectivity index is 1.79. The lowest BCUT2D eigenvalue weighted by molar-refractivity contribution is 0.195. The van der Waals surface area contributed by atoms with Crippen molar-refractivity contribution in [1.82, 2.24) is 15.2 Å². The van der Waals surface area contributed by atoms with Crippen LogP contribution in [-0.2, 0) is 4.74 Å². The number of anilines is 1. The minimum Gasteiger partial charge on any atom is -0.385 e. The molecule has 0 aliphatic carbocycles. The third-order valence-corrected chi connectivity index (χ3v) is 3.57. The van der Waals surface area contributed by atoms with E-state index in [1.165, 1.54) is 0 Å². The van der Waals surface area contributed by atoms with Gasteiger partial charge in [-0.25, -0.2) is 4.98 Å². The summed E-state index contributed by atoms with van der Waals surface area (Å²) in [6.45, 7) is 5.52. The fourth-order valence-corrected chi connectivity index (χ4v) is 2.44. The molecule has 1 aromatic heterocycles. The number of guanidine groups is 1. The third kappa shape index (κ3) is 4.60. The predicted octanol–water partition coefficient (Wildman–Crippen LogP) is 0.815. The molecular weight excluding hydrogens is 266 g/mol. The first-order chi connectivity index (χ1) is 10.3. The largest absolute Gasteiger partial charge is 0.385 e. The number of rotatable bonds is 5. The van der Waals surface area contributed by atoms with Crippen molar-refractivity contribution in [3.63, 3.8) is 0 Å². The summed E-state index contributed by atoms with van der Waals surface area (Å²) in [5.74, 6) is 2.03. The maximum Gasteiger partial charge on any atom is 0.193 e. The van der Waals surface area contributed by atoms with Crippen molar-refractivity contribution in [2.24, 2.45) is 4.99 Å². The predicted molar refractivity (Wildman–Crippen MR) is 85.9 cm³/mol. The fraction of sp³-hybridized carbons (Fsp3) is 0.600. The molecule has 0 atom stereocenters. The Hall–Kier alpha value is -1.82. The third-order valence-electron chi connectivity index (χ3n) is 3.57. The smallest absolute Gasteiger partial charge is 0.193 e. The first kappa shape index (κ1) is 15.6. The molecule has 1 saturated heterocycles. The van der Waals surface area contributed by atoms with Crippen LogP contribution in [0.3, 0.4) is 0 Å². The molecule has 0 unspecified atom stereocenters. The second-order valence-corrected chi connectivity index (χ2v) is 4.98. The Morgan fingerprint density at radius 1 is 1.33 bits per heavy atom. The number of nitrogens with one attached hydrogen (secondary N) is 1. The van der Waals surface area contributed by atoms with Crippen LogP contribution in [0.2, 0.25) is 0 Å². The highest BCUT2D eigenvalue weighted by Crippen LogP contribution is 2.12. The van der Waals surface area contributed by atoms with Gasteiger partial charge in [0.15, 0.2) is 5.96 Å². The zero-order chi connectivity index (χ0) is 14.9. The van der Waals surface area contributed by atoms with E-state index in [-0.39, 0.29) is 0 Å². The summed E-state index contributed by atoms with van der Waals surface area (Å²) in [4.78, 5) is 13.4. The molecule has 0 aromatic carbocycles. The Morgan fingerprint density at radius 2 is 2.14 bits per heavy atom. The van der Waals surface area contributed by atoms with E-state index in [9.17, 15) is 0 Å². The lowest BCUT2D eigenvalue weighted by atomic mass is 10.3. The molecule has 6 nitrogen and oxygen atoms in total. The molecule has 2 rings (SSSR count). The van der Waals surface area contributed by atoms with Gasteiger partial charge in [-0.05, 0) is 18.6 Å².